The van der Waals surface area contributed by atoms with Gasteiger partial charge in [-0.3, -0.25) is 0 Å². The number of anilines is 1. The smallest absolute Gasteiger partial charge is 0.315 e. The summed E-state index contributed by atoms with van der Waals surface area (Å²) in [5.41, 5.74) is 5.43. The molecule has 1 heterocycles. The molecule has 0 bridgehead atoms. The van der Waals surface area contributed by atoms with E-state index in [2.05, 4.69) is 22.4 Å². The van der Waals surface area contributed by atoms with Crippen molar-refractivity contribution in [3.63, 3.8) is 0 Å². The van der Waals surface area contributed by atoms with E-state index in [4.69, 9.17) is 10.2 Å². The molecule has 5 heteroatoms. The van der Waals surface area contributed by atoms with Gasteiger partial charge in [0, 0.05) is 6.04 Å². The van der Waals surface area contributed by atoms with E-state index in [1.54, 1.807) is 0 Å². The molecule has 90 valence electrons. The number of aromatic nitrogens is 2. The van der Waals surface area contributed by atoms with Gasteiger partial charge in [0.1, 0.15) is 0 Å². The molecular formula is C11H20N4O. The van der Waals surface area contributed by atoms with Crippen molar-refractivity contribution < 1.29 is 4.42 Å². The quantitative estimate of drug-likeness (QED) is 0.817. The van der Waals surface area contributed by atoms with Crippen LogP contribution in [0.3, 0.4) is 0 Å². The van der Waals surface area contributed by atoms with Crippen LogP contribution in [0.1, 0.15) is 44.9 Å². The second-order valence-electron chi connectivity index (χ2n) is 4.41. The fourth-order valence-corrected chi connectivity index (χ4v) is 2.44. The molecule has 0 amide bonds. The first-order valence-electron chi connectivity index (χ1n) is 6.12. The van der Waals surface area contributed by atoms with E-state index in [9.17, 15) is 0 Å². The highest BCUT2D eigenvalue weighted by Gasteiger charge is 2.24. The van der Waals surface area contributed by atoms with E-state index in [-0.39, 0.29) is 0 Å². The SMILES string of the molecule is CCC1CCCCC1Nc1nnc(CN)o1. The van der Waals surface area contributed by atoms with Crippen molar-refractivity contribution in [1.29, 1.82) is 0 Å². The van der Waals surface area contributed by atoms with Crippen molar-refractivity contribution in [3.8, 4) is 0 Å². The van der Waals surface area contributed by atoms with Gasteiger partial charge in [-0.1, -0.05) is 31.3 Å². The average molecular weight is 224 g/mol. The predicted molar refractivity (Wildman–Crippen MR) is 61.8 cm³/mol. The minimum Gasteiger partial charge on any atom is -0.407 e. The highest BCUT2D eigenvalue weighted by atomic mass is 16.4. The zero-order chi connectivity index (χ0) is 11.4. The van der Waals surface area contributed by atoms with Crippen LogP contribution in [0.25, 0.3) is 0 Å². The van der Waals surface area contributed by atoms with Gasteiger partial charge >= 0.3 is 6.01 Å². The van der Waals surface area contributed by atoms with Gasteiger partial charge < -0.3 is 15.5 Å². The highest BCUT2D eigenvalue weighted by molar-refractivity contribution is 5.20. The molecule has 2 rings (SSSR count). The van der Waals surface area contributed by atoms with E-state index >= 15 is 0 Å². The van der Waals surface area contributed by atoms with E-state index in [0.29, 0.717) is 24.5 Å². The zero-order valence-electron chi connectivity index (χ0n) is 9.78. The van der Waals surface area contributed by atoms with Crippen LogP contribution in [-0.2, 0) is 6.54 Å². The maximum atomic E-state index is 5.43. The topological polar surface area (TPSA) is 77.0 Å². The first-order chi connectivity index (χ1) is 7.83. The Kier molecular flexibility index (Phi) is 3.77. The molecule has 1 saturated carbocycles. The predicted octanol–water partition coefficient (Wildman–Crippen LogP) is 1.91. The Morgan fingerprint density at radius 3 is 2.88 bits per heavy atom. The van der Waals surface area contributed by atoms with Crippen molar-refractivity contribution in [2.75, 3.05) is 5.32 Å². The van der Waals surface area contributed by atoms with Crippen LogP contribution in [0.2, 0.25) is 0 Å². The standard InChI is InChI=1S/C11H20N4O/c1-2-8-5-3-4-6-9(8)13-11-15-14-10(7-12)16-11/h8-9H,2-7,12H2,1H3,(H,13,15). The summed E-state index contributed by atoms with van der Waals surface area (Å²) in [6.07, 6.45) is 6.32. The number of nitrogens with two attached hydrogens (primary N) is 1. The number of hydrogen-bond donors (Lipinski definition) is 2. The minimum absolute atomic E-state index is 0.302. The van der Waals surface area contributed by atoms with Crippen LogP contribution in [-0.4, -0.2) is 16.2 Å². The summed E-state index contributed by atoms with van der Waals surface area (Å²) < 4.78 is 5.37. The summed E-state index contributed by atoms with van der Waals surface area (Å²) >= 11 is 0. The maximum absolute atomic E-state index is 5.43. The molecule has 0 aromatic carbocycles. The largest absolute Gasteiger partial charge is 0.407 e. The first-order valence-corrected chi connectivity index (χ1v) is 6.12. The van der Waals surface area contributed by atoms with Gasteiger partial charge in [-0.15, -0.1) is 5.10 Å². The Hall–Kier alpha value is -1.10. The monoisotopic (exact) mass is 224 g/mol. The molecule has 0 spiro atoms. The lowest BCUT2D eigenvalue weighted by molar-refractivity contribution is 0.311. The molecule has 5 nitrogen and oxygen atoms in total. The lowest BCUT2D eigenvalue weighted by atomic mass is 9.83. The maximum Gasteiger partial charge on any atom is 0.315 e. The summed E-state index contributed by atoms with van der Waals surface area (Å²) in [5, 5.41) is 11.1. The number of rotatable bonds is 4. The number of hydrogen-bond acceptors (Lipinski definition) is 5. The van der Waals surface area contributed by atoms with Gasteiger partial charge in [-0.25, -0.2) is 0 Å². The van der Waals surface area contributed by atoms with Gasteiger partial charge in [-0.2, -0.15) is 0 Å². The molecule has 1 aromatic heterocycles. The molecule has 3 N–H and O–H groups in total. The van der Waals surface area contributed by atoms with Crippen LogP contribution in [0.5, 0.6) is 0 Å². The van der Waals surface area contributed by atoms with Gasteiger partial charge in [0.15, 0.2) is 0 Å². The van der Waals surface area contributed by atoms with Crippen molar-refractivity contribution in [2.45, 2.75) is 51.6 Å². The van der Waals surface area contributed by atoms with Crippen molar-refractivity contribution in [3.05, 3.63) is 5.89 Å². The molecule has 2 unspecified atom stereocenters. The molecule has 1 aliphatic carbocycles. The third-order valence-electron chi connectivity index (χ3n) is 3.38. The second-order valence-corrected chi connectivity index (χ2v) is 4.41. The van der Waals surface area contributed by atoms with Crippen molar-refractivity contribution in [2.24, 2.45) is 11.7 Å². The fraction of sp³-hybridized carbons (Fsp3) is 0.818. The lowest BCUT2D eigenvalue weighted by Crippen LogP contribution is -2.31. The Morgan fingerprint density at radius 1 is 1.38 bits per heavy atom. The average Bonchev–Trinajstić information content (AvgIpc) is 2.77. The highest BCUT2D eigenvalue weighted by Crippen LogP contribution is 2.28. The third-order valence-corrected chi connectivity index (χ3v) is 3.38. The molecular weight excluding hydrogens is 204 g/mol. The third kappa shape index (κ3) is 2.52. The van der Waals surface area contributed by atoms with Crippen LogP contribution >= 0.6 is 0 Å². The molecule has 1 aliphatic rings. The first kappa shape index (κ1) is 11.4. The molecule has 2 atom stereocenters. The lowest BCUT2D eigenvalue weighted by Gasteiger charge is -2.30. The van der Waals surface area contributed by atoms with Gasteiger partial charge in [0.25, 0.3) is 0 Å². The van der Waals surface area contributed by atoms with Gasteiger partial charge in [0.2, 0.25) is 5.89 Å². The molecule has 0 radical (unpaired) electrons. The van der Waals surface area contributed by atoms with Crippen molar-refractivity contribution >= 4 is 6.01 Å². The normalized spacial score (nSPS) is 25.6. The number of nitrogens with one attached hydrogen (secondary N) is 1. The van der Waals surface area contributed by atoms with E-state index in [1.807, 2.05) is 0 Å². The number of nitrogens with zero attached hydrogens (tertiary/aromatic N) is 2. The zero-order valence-corrected chi connectivity index (χ0v) is 9.78. The van der Waals surface area contributed by atoms with Gasteiger partial charge in [0.05, 0.1) is 6.54 Å². The van der Waals surface area contributed by atoms with Crippen LogP contribution in [0.4, 0.5) is 6.01 Å². The van der Waals surface area contributed by atoms with E-state index < -0.39 is 0 Å². The van der Waals surface area contributed by atoms with Crippen LogP contribution < -0.4 is 11.1 Å². The summed E-state index contributed by atoms with van der Waals surface area (Å²) in [4.78, 5) is 0. The Balaban J connectivity index is 1.96. The Morgan fingerprint density at radius 2 is 2.19 bits per heavy atom. The summed E-state index contributed by atoms with van der Waals surface area (Å²) in [5.74, 6) is 1.22. The van der Waals surface area contributed by atoms with Crippen molar-refractivity contribution in [1.82, 2.24) is 10.2 Å². The Bertz CT molecular complexity index is 326. The summed E-state index contributed by atoms with van der Waals surface area (Å²) in [6, 6.07) is 0.996. The summed E-state index contributed by atoms with van der Waals surface area (Å²) in [6.45, 7) is 2.54. The second kappa shape index (κ2) is 5.30. The fourth-order valence-electron chi connectivity index (χ4n) is 2.44. The summed E-state index contributed by atoms with van der Waals surface area (Å²) in [7, 11) is 0. The van der Waals surface area contributed by atoms with Gasteiger partial charge in [-0.05, 0) is 18.8 Å². The van der Waals surface area contributed by atoms with E-state index in [1.165, 1.54) is 32.1 Å². The Labute approximate surface area is 95.8 Å². The van der Waals surface area contributed by atoms with E-state index in [0.717, 1.165) is 5.92 Å². The molecule has 0 aliphatic heterocycles. The molecule has 1 fully saturated rings. The van der Waals surface area contributed by atoms with Crippen LogP contribution in [0.15, 0.2) is 4.42 Å². The van der Waals surface area contributed by atoms with Crippen LogP contribution in [0, 0.1) is 5.92 Å². The molecule has 1 aromatic rings. The molecule has 16 heavy (non-hydrogen) atoms. The minimum atomic E-state index is 0.302. The molecule has 0 saturated heterocycles.